The molecule has 0 radical (unpaired) electrons. The van der Waals surface area contributed by atoms with E-state index >= 15 is 0 Å². The van der Waals surface area contributed by atoms with Crippen molar-refractivity contribution in [3.05, 3.63) is 83.6 Å². The first-order valence-corrected chi connectivity index (χ1v) is 9.49. The third-order valence-corrected chi connectivity index (χ3v) is 4.73. The Hall–Kier alpha value is -3.81. The summed E-state index contributed by atoms with van der Waals surface area (Å²) in [6.45, 7) is 4.04. The molecule has 0 aliphatic heterocycles. The second-order valence-electron chi connectivity index (χ2n) is 7.07. The van der Waals surface area contributed by atoms with E-state index in [2.05, 4.69) is 20.4 Å². The summed E-state index contributed by atoms with van der Waals surface area (Å²) >= 11 is 0. The molecule has 5 nitrogen and oxygen atoms in total. The minimum absolute atomic E-state index is 0.275. The zero-order valence-electron chi connectivity index (χ0n) is 16.8. The molecule has 158 valence electrons. The minimum atomic E-state index is -4.72. The molecule has 0 bridgehead atoms. The first-order valence-electron chi connectivity index (χ1n) is 9.49. The maximum absolute atomic E-state index is 12.3. The van der Waals surface area contributed by atoms with Crippen LogP contribution in [0.15, 0.2) is 72.0 Å². The Morgan fingerprint density at radius 1 is 1.00 bits per heavy atom. The van der Waals surface area contributed by atoms with Gasteiger partial charge in [-0.25, -0.2) is 4.68 Å². The number of anilines is 1. The predicted octanol–water partition coefficient (Wildman–Crippen LogP) is 5.99. The van der Waals surface area contributed by atoms with Gasteiger partial charge in [-0.05, 0) is 66.9 Å². The van der Waals surface area contributed by atoms with Gasteiger partial charge >= 0.3 is 6.36 Å². The Balaban J connectivity index is 1.52. The zero-order chi connectivity index (χ0) is 22.0. The fourth-order valence-corrected chi connectivity index (χ4v) is 3.22. The molecule has 4 aromatic rings. The van der Waals surface area contributed by atoms with Crippen LogP contribution in [0.2, 0.25) is 0 Å². The van der Waals surface area contributed by atoms with E-state index in [1.807, 2.05) is 56.4 Å². The van der Waals surface area contributed by atoms with E-state index in [-0.39, 0.29) is 5.75 Å². The van der Waals surface area contributed by atoms with Gasteiger partial charge in [-0.2, -0.15) is 10.2 Å². The number of para-hydroxylation sites is 1. The van der Waals surface area contributed by atoms with Crippen LogP contribution in [0.5, 0.6) is 5.75 Å². The summed E-state index contributed by atoms with van der Waals surface area (Å²) < 4.78 is 42.4. The number of ether oxygens (including phenoxy) is 1. The molecule has 1 N–H and O–H groups in total. The fraction of sp³-hybridized carbons (Fsp3) is 0.130. The van der Waals surface area contributed by atoms with Gasteiger partial charge in [0, 0.05) is 11.6 Å². The molecule has 31 heavy (non-hydrogen) atoms. The summed E-state index contributed by atoms with van der Waals surface area (Å²) in [7, 11) is 0. The molecule has 0 fully saturated rings. The number of rotatable bonds is 5. The van der Waals surface area contributed by atoms with Crippen molar-refractivity contribution in [2.75, 3.05) is 5.43 Å². The van der Waals surface area contributed by atoms with Crippen LogP contribution in [-0.2, 0) is 0 Å². The van der Waals surface area contributed by atoms with Crippen molar-refractivity contribution >= 4 is 22.8 Å². The number of hydrogen-bond acceptors (Lipinski definition) is 4. The van der Waals surface area contributed by atoms with Gasteiger partial charge in [0.15, 0.2) is 0 Å². The molecule has 0 saturated heterocycles. The summed E-state index contributed by atoms with van der Waals surface area (Å²) in [5, 5.41) is 9.69. The SMILES string of the molecule is Cc1cccc(C)c1N/N=C/c1ccc2nn(-c3ccc(OC(F)(F)F)cc3)cc2c1. The molecule has 8 heteroatoms. The van der Waals surface area contributed by atoms with Crippen LogP contribution in [0.25, 0.3) is 16.6 Å². The third-order valence-electron chi connectivity index (χ3n) is 4.73. The topological polar surface area (TPSA) is 51.4 Å². The Morgan fingerprint density at radius 3 is 2.39 bits per heavy atom. The number of alkyl halides is 3. The van der Waals surface area contributed by atoms with Crippen LogP contribution < -0.4 is 10.2 Å². The molecule has 0 saturated carbocycles. The van der Waals surface area contributed by atoms with Crippen molar-refractivity contribution in [2.45, 2.75) is 20.2 Å². The Labute approximate surface area is 176 Å². The van der Waals surface area contributed by atoms with Gasteiger partial charge in [0.1, 0.15) is 5.75 Å². The highest BCUT2D eigenvalue weighted by Gasteiger charge is 2.30. The number of aryl methyl sites for hydroxylation is 2. The van der Waals surface area contributed by atoms with E-state index in [9.17, 15) is 13.2 Å². The molecule has 1 aromatic heterocycles. The lowest BCUT2D eigenvalue weighted by Crippen LogP contribution is -2.17. The average Bonchev–Trinajstić information content (AvgIpc) is 3.13. The molecule has 3 aromatic carbocycles. The molecule has 0 amide bonds. The van der Waals surface area contributed by atoms with Crippen molar-refractivity contribution in [2.24, 2.45) is 5.10 Å². The first-order chi connectivity index (χ1) is 14.8. The van der Waals surface area contributed by atoms with Crippen molar-refractivity contribution in [3.8, 4) is 11.4 Å². The lowest BCUT2D eigenvalue weighted by atomic mass is 10.1. The Kier molecular flexibility index (Phi) is 5.37. The third kappa shape index (κ3) is 4.85. The molecule has 0 spiro atoms. The van der Waals surface area contributed by atoms with E-state index in [4.69, 9.17) is 0 Å². The van der Waals surface area contributed by atoms with Crippen LogP contribution in [0, 0.1) is 13.8 Å². The van der Waals surface area contributed by atoms with E-state index in [0.717, 1.165) is 33.3 Å². The highest BCUT2D eigenvalue weighted by atomic mass is 19.4. The van der Waals surface area contributed by atoms with Crippen LogP contribution in [0.3, 0.4) is 0 Å². The molecule has 0 aliphatic rings. The van der Waals surface area contributed by atoms with Gasteiger partial charge in [0.05, 0.1) is 23.1 Å². The van der Waals surface area contributed by atoms with Gasteiger partial charge in [0.25, 0.3) is 0 Å². The summed E-state index contributed by atoms with van der Waals surface area (Å²) in [6, 6.07) is 17.3. The normalized spacial score (nSPS) is 11.9. The van der Waals surface area contributed by atoms with Gasteiger partial charge in [-0.1, -0.05) is 24.3 Å². The number of hydrogen-bond donors (Lipinski definition) is 1. The summed E-state index contributed by atoms with van der Waals surface area (Å²) in [6.07, 6.45) is -1.18. The highest BCUT2D eigenvalue weighted by molar-refractivity contribution is 5.89. The standard InChI is InChI=1S/C23H19F3N4O/c1-15-4-3-5-16(2)22(15)28-27-13-17-6-11-21-18(12-17)14-30(29-21)19-7-9-20(10-8-19)31-23(24,25)26/h3-14,28H,1-2H3/b27-13+. The van der Waals surface area contributed by atoms with Crippen LogP contribution in [-0.4, -0.2) is 22.4 Å². The minimum Gasteiger partial charge on any atom is -0.406 e. The predicted molar refractivity (Wildman–Crippen MR) is 115 cm³/mol. The van der Waals surface area contributed by atoms with E-state index in [0.29, 0.717) is 5.69 Å². The molecule has 1 heterocycles. The van der Waals surface area contributed by atoms with Crippen molar-refractivity contribution in [3.63, 3.8) is 0 Å². The molecule has 0 atom stereocenters. The zero-order valence-corrected chi connectivity index (χ0v) is 16.8. The highest BCUT2D eigenvalue weighted by Crippen LogP contribution is 2.24. The van der Waals surface area contributed by atoms with Crippen molar-refractivity contribution in [1.29, 1.82) is 0 Å². The number of nitrogens with one attached hydrogen (secondary N) is 1. The van der Waals surface area contributed by atoms with Gasteiger partial charge in [0.2, 0.25) is 0 Å². The Morgan fingerprint density at radius 2 is 1.71 bits per heavy atom. The molecular formula is C23H19F3N4O. The first kappa shape index (κ1) is 20.5. The number of hydrazone groups is 1. The lowest BCUT2D eigenvalue weighted by molar-refractivity contribution is -0.274. The average molecular weight is 424 g/mol. The lowest BCUT2D eigenvalue weighted by Gasteiger charge is -2.09. The van der Waals surface area contributed by atoms with Crippen LogP contribution in [0.4, 0.5) is 18.9 Å². The maximum atomic E-state index is 12.3. The number of nitrogens with zero attached hydrogens (tertiary/aromatic N) is 3. The van der Waals surface area contributed by atoms with Crippen LogP contribution >= 0.6 is 0 Å². The smallest absolute Gasteiger partial charge is 0.406 e. The van der Waals surface area contributed by atoms with E-state index in [1.54, 1.807) is 10.9 Å². The van der Waals surface area contributed by atoms with Crippen molar-refractivity contribution < 1.29 is 17.9 Å². The van der Waals surface area contributed by atoms with Gasteiger partial charge in [-0.15, -0.1) is 13.2 Å². The molecular weight excluding hydrogens is 405 g/mol. The quantitative estimate of drug-likeness (QED) is 0.316. The summed E-state index contributed by atoms with van der Waals surface area (Å²) in [5.74, 6) is -0.275. The van der Waals surface area contributed by atoms with Gasteiger partial charge < -0.3 is 4.74 Å². The maximum Gasteiger partial charge on any atom is 0.573 e. The van der Waals surface area contributed by atoms with E-state index in [1.165, 1.54) is 24.3 Å². The largest absolute Gasteiger partial charge is 0.573 e. The molecule has 4 rings (SSSR count). The second kappa shape index (κ2) is 8.14. The number of halogens is 3. The van der Waals surface area contributed by atoms with Crippen LogP contribution in [0.1, 0.15) is 16.7 Å². The Bertz CT molecular complexity index is 1220. The molecule has 0 aliphatic carbocycles. The number of benzene rings is 3. The molecule has 0 unspecified atom stereocenters. The summed E-state index contributed by atoms with van der Waals surface area (Å²) in [4.78, 5) is 0. The fourth-order valence-electron chi connectivity index (χ4n) is 3.22. The monoisotopic (exact) mass is 424 g/mol. The van der Waals surface area contributed by atoms with Crippen molar-refractivity contribution in [1.82, 2.24) is 9.78 Å². The van der Waals surface area contributed by atoms with Gasteiger partial charge in [-0.3, -0.25) is 5.43 Å². The summed E-state index contributed by atoms with van der Waals surface area (Å²) in [5.41, 5.74) is 8.56. The second-order valence-corrected chi connectivity index (χ2v) is 7.07. The van der Waals surface area contributed by atoms with E-state index < -0.39 is 6.36 Å². The number of fused-ring (bicyclic) bond motifs is 1. The number of aromatic nitrogens is 2.